The summed E-state index contributed by atoms with van der Waals surface area (Å²) in [4.78, 5) is 18.7. The van der Waals surface area contributed by atoms with Gasteiger partial charge in [-0.3, -0.25) is 0 Å². The molecule has 1 aromatic rings. The van der Waals surface area contributed by atoms with Crippen molar-refractivity contribution in [3.8, 4) is 0 Å². The molecule has 5 heteroatoms. The van der Waals surface area contributed by atoms with Crippen molar-refractivity contribution >= 4 is 0 Å². The summed E-state index contributed by atoms with van der Waals surface area (Å²) < 4.78 is 5.60. The van der Waals surface area contributed by atoms with E-state index in [9.17, 15) is 0 Å². The second-order valence-corrected chi connectivity index (χ2v) is 6.00. The SMILES string of the molecule is CC.CC1CCCOC1OOC1CCC(c2ncc[nH]2)CC1. The molecule has 2 heterocycles. The molecule has 1 saturated carbocycles. The van der Waals surface area contributed by atoms with Gasteiger partial charge in [-0.1, -0.05) is 20.8 Å². The first kappa shape index (κ1) is 17.4. The van der Waals surface area contributed by atoms with E-state index >= 15 is 0 Å². The Kier molecular flexibility index (Phi) is 7.36. The summed E-state index contributed by atoms with van der Waals surface area (Å²) in [6, 6.07) is 0. The average Bonchev–Trinajstić information content (AvgIpc) is 3.11. The van der Waals surface area contributed by atoms with Crippen molar-refractivity contribution in [2.24, 2.45) is 5.92 Å². The van der Waals surface area contributed by atoms with E-state index < -0.39 is 0 Å². The Labute approximate surface area is 133 Å². The van der Waals surface area contributed by atoms with Crippen molar-refractivity contribution in [3.05, 3.63) is 18.2 Å². The molecular weight excluding hydrogens is 280 g/mol. The summed E-state index contributed by atoms with van der Waals surface area (Å²) >= 11 is 0. The number of rotatable bonds is 4. The minimum atomic E-state index is -0.188. The lowest BCUT2D eigenvalue weighted by Gasteiger charge is -2.31. The van der Waals surface area contributed by atoms with Gasteiger partial charge in [0, 0.05) is 30.8 Å². The second kappa shape index (κ2) is 9.28. The van der Waals surface area contributed by atoms with Gasteiger partial charge in [0.2, 0.25) is 0 Å². The zero-order chi connectivity index (χ0) is 15.8. The smallest absolute Gasteiger partial charge is 0.193 e. The van der Waals surface area contributed by atoms with Gasteiger partial charge in [0.25, 0.3) is 0 Å². The molecule has 2 unspecified atom stereocenters. The Hall–Kier alpha value is -0.910. The lowest BCUT2D eigenvalue weighted by molar-refractivity contribution is -0.415. The van der Waals surface area contributed by atoms with E-state index in [1.54, 1.807) is 0 Å². The molecule has 22 heavy (non-hydrogen) atoms. The van der Waals surface area contributed by atoms with Crippen LogP contribution in [0.3, 0.4) is 0 Å². The molecular formula is C17H30N2O3. The molecule has 2 aliphatic rings. The summed E-state index contributed by atoms with van der Waals surface area (Å²) in [6.07, 6.45) is 10.2. The van der Waals surface area contributed by atoms with Gasteiger partial charge in [-0.15, -0.1) is 0 Å². The Balaban J connectivity index is 0.000000847. The Bertz CT molecular complexity index is 389. The third-order valence-corrected chi connectivity index (χ3v) is 4.42. The van der Waals surface area contributed by atoms with E-state index in [-0.39, 0.29) is 12.4 Å². The van der Waals surface area contributed by atoms with Gasteiger partial charge in [-0.05, 0) is 38.5 Å². The highest BCUT2D eigenvalue weighted by atomic mass is 17.2. The molecule has 126 valence electrons. The standard InChI is InChI=1S/C15H24N2O3.C2H6/c1-11-3-2-10-18-15(11)20-19-13-6-4-12(5-7-13)14-16-8-9-17-14;1-2/h8-9,11-13,15H,2-7,10H2,1H3,(H,16,17);1-2H3. The van der Waals surface area contributed by atoms with Crippen LogP contribution < -0.4 is 0 Å². The zero-order valence-electron chi connectivity index (χ0n) is 14.1. The van der Waals surface area contributed by atoms with Crippen LogP contribution in [0.4, 0.5) is 0 Å². The van der Waals surface area contributed by atoms with E-state index in [0.717, 1.165) is 51.0 Å². The van der Waals surface area contributed by atoms with Gasteiger partial charge >= 0.3 is 0 Å². The van der Waals surface area contributed by atoms with Crippen LogP contribution in [0.1, 0.15) is 71.0 Å². The Morgan fingerprint density at radius 1 is 1.14 bits per heavy atom. The Morgan fingerprint density at radius 3 is 2.55 bits per heavy atom. The fourth-order valence-corrected chi connectivity index (χ4v) is 3.09. The van der Waals surface area contributed by atoms with Crippen LogP contribution in [0.15, 0.2) is 12.4 Å². The zero-order valence-corrected chi connectivity index (χ0v) is 14.1. The molecule has 0 aromatic carbocycles. The molecule has 0 amide bonds. The fraction of sp³-hybridized carbons (Fsp3) is 0.824. The number of hydrogen-bond acceptors (Lipinski definition) is 4. The predicted octanol–water partition coefficient (Wildman–Crippen LogP) is 4.18. The molecule has 1 saturated heterocycles. The van der Waals surface area contributed by atoms with E-state index in [0.29, 0.717) is 11.8 Å². The van der Waals surface area contributed by atoms with E-state index in [1.807, 2.05) is 26.2 Å². The highest BCUT2D eigenvalue weighted by Gasteiger charge is 2.28. The Morgan fingerprint density at radius 2 is 1.91 bits per heavy atom. The molecule has 1 N–H and O–H groups in total. The number of H-pyrrole nitrogens is 1. The first-order chi connectivity index (χ1) is 10.8. The molecule has 2 fully saturated rings. The molecule has 3 rings (SSSR count). The number of aromatic nitrogens is 2. The summed E-state index contributed by atoms with van der Waals surface area (Å²) in [5.41, 5.74) is 0. The average molecular weight is 310 g/mol. The molecule has 1 aliphatic heterocycles. The van der Waals surface area contributed by atoms with Gasteiger partial charge in [0.05, 0.1) is 6.10 Å². The predicted molar refractivity (Wildman–Crippen MR) is 85.2 cm³/mol. The summed E-state index contributed by atoms with van der Waals surface area (Å²) in [5, 5.41) is 0. The molecule has 0 spiro atoms. The van der Waals surface area contributed by atoms with E-state index in [1.165, 1.54) is 0 Å². The number of aromatic amines is 1. The van der Waals surface area contributed by atoms with Crippen molar-refractivity contribution in [3.63, 3.8) is 0 Å². The second-order valence-electron chi connectivity index (χ2n) is 6.00. The minimum absolute atomic E-state index is 0.188. The molecule has 0 bridgehead atoms. The number of hydrogen-bond donors (Lipinski definition) is 1. The maximum absolute atomic E-state index is 5.60. The van der Waals surface area contributed by atoms with Crippen LogP contribution >= 0.6 is 0 Å². The molecule has 1 aromatic heterocycles. The normalized spacial score (nSPS) is 32.1. The monoisotopic (exact) mass is 310 g/mol. The minimum Gasteiger partial charge on any atom is -0.349 e. The van der Waals surface area contributed by atoms with E-state index in [2.05, 4.69) is 16.9 Å². The van der Waals surface area contributed by atoms with E-state index in [4.69, 9.17) is 14.5 Å². The molecule has 0 radical (unpaired) electrons. The van der Waals surface area contributed by atoms with Crippen LogP contribution in [0.25, 0.3) is 0 Å². The van der Waals surface area contributed by atoms with Crippen LogP contribution in [0, 0.1) is 5.92 Å². The molecule has 5 nitrogen and oxygen atoms in total. The first-order valence-electron chi connectivity index (χ1n) is 8.76. The third-order valence-electron chi connectivity index (χ3n) is 4.42. The highest BCUT2D eigenvalue weighted by Crippen LogP contribution is 2.33. The summed E-state index contributed by atoms with van der Waals surface area (Å²) in [7, 11) is 0. The maximum Gasteiger partial charge on any atom is 0.193 e. The number of nitrogens with zero attached hydrogens (tertiary/aromatic N) is 1. The molecule has 1 aliphatic carbocycles. The number of ether oxygens (including phenoxy) is 1. The summed E-state index contributed by atoms with van der Waals surface area (Å²) in [6.45, 7) is 6.94. The van der Waals surface area contributed by atoms with Gasteiger partial charge in [0.15, 0.2) is 6.29 Å². The largest absolute Gasteiger partial charge is 0.349 e. The highest BCUT2D eigenvalue weighted by molar-refractivity contribution is 4.98. The van der Waals surface area contributed by atoms with Crippen molar-refractivity contribution in [1.29, 1.82) is 0 Å². The van der Waals surface area contributed by atoms with Gasteiger partial charge in [-0.25, -0.2) is 14.8 Å². The molecule has 2 atom stereocenters. The fourth-order valence-electron chi connectivity index (χ4n) is 3.09. The van der Waals surface area contributed by atoms with Gasteiger partial charge in [0.1, 0.15) is 5.82 Å². The number of imidazole rings is 1. The number of nitrogens with one attached hydrogen (secondary N) is 1. The third kappa shape index (κ3) is 4.80. The maximum atomic E-state index is 5.60. The van der Waals surface area contributed by atoms with Crippen molar-refractivity contribution in [2.45, 2.75) is 77.6 Å². The van der Waals surface area contributed by atoms with Crippen LogP contribution in [0.5, 0.6) is 0 Å². The lowest BCUT2D eigenvalue weighted by atomic mass is 9.87. The van der Waals surface area contributed by atoms with Gasteiger partial charge in [-0.2, -0.15) is 0 Å². The van der Waals surface area contributed by atoms with Crippen molar-refractivity contribution in [2.75, 3.05) is 6.61 Å². The van der Waals surface area contributed by atoms with Crippen molar-refractivity contribution < 1.29 is 14.5 Å². The van der Waals surface area contributed by atoms with Crippen LogP contribution in [-0.4, -0.2) is 29.0 Å². The topological polar surface area (TPSA) is 56.4 Å². The van der Waals surface area contributed by atoms with Crippen LogP contribution in [-0.2, 0) is 14.5 Å². The van der Waals surface area contributed by atoms with Crippen molar-refractivity contribution in [1.82, 2.24) is 9.97 Å². The quantitative estimate of drug-likeness (QED) is 0.669. The lowest BCUT2D eigenvalue weighted by Crippen LogP contribution is -2.32. The first-order valence-corrected chi connectivity index (χ1v) is 8.76. The van der Waals surface area contributed by atoms with Gasteiger partial charge < -0.3 is 9.72 Å². The summed E-state index contributed by atoms with van der Waals surface area (Å²) in [5.74, 6) is 2.06. The van der Waals surface area contributed by atoms with Crippen LogP contribution in [0.2, 0.25) is 0 Å².